The summed E-state index contributed by atoms with van der Waals surface area (Å²) in [5.41, 5.74) is 1.56. The number of aryl methyl sites for hydroxylation is 1. The molecule has 1 atom stereocenters. The van der Waals surface area contributed by atoms with Gasteiger partial charge in [0.1, 0.15) is 6.07 Å². The Morgan fingerprint density at radius 1 is 1.33 bits per heavy atom. The highest BCUT2D eigenvalue weighted by molar-refractivity contribution is 6.30. The number of hydrogen-bond acceptors (Lipinski definition) is 6. The Balaban J connectivity index is 1.66. The van der Waals surface area contributed by atoms with Crippen LogP contribution in [0.5, 0.6) is 0 Å². The molecule has 0 radical (unpaired) electrons. The van der Waals surface area contributed by atoms with Crippen molar-refractivity contribution in [3.8, 4) is 6.07 Å². The Kier molecular flexibility index (Phi) is 5.03. The molecule has 1 unspecified atom stereocenters. The zero-order valence-electron chi connectivity index (χ0n) is 13.9. The summed E-state index contributed by atoms with van der Waals surface area (Å²) in [5.74, 6) is 1.42. The minimum Gasteiger partial charge on any atom is -0.368 e. The van der Waals surface area contributed by atoms with Crippen molar-refractivity contribution in [3.05, 3.63) is 40.5 Å². The van der Waals surface area contributed by atoms with Crippen molar-refractivity contribution in [2.24, 2.45) is 0 Å². The molecule has 7 heteroatoms. The largest absolute Gasteiger partial charge is 0.368 e. The number of nitriles is 1. The molecule has 0 spiro atoms. The second-order valence-electron chi connectivity index (χ2n) is 5.87. The van der Waals surface area contributed by atoms with E-state index in [0.717, 1.165) is 44.1 Å². The van der Waals surface area contributed by atoms with E-state index >= 15 is 0 Å². The normalized spacial score (nSPS) is 16.8. The van der Waals surface area contributed by atoms with Crippen LogP contribution in [0.15, 0.2) is 22.7 Å². The number of anilines is 1. The number of hydrogen-bond donors (Lipinski definition) is 0. The fourth-order valence-electron chi connectivity index (χ4n) is 2.96. The van der Waals surface area contributed by atoms with Crippen molar-refractivity contribution in [1.82, 2.24) is 15.0 Å². The zero-order chi connectivity index (χ0) is 17.1. The number of nitrogens with zero attached hydrogens (tertiary/aromatic N) is 5. The standard InChI is InChI=1S/C17H20ClN5O/c1-3-16-20-17(24-21-16)12(2)22-6-8-23(9-7-22)15-5-4-14(18)10-13(15)11-19/h4-5,10,12H,3,6-9H2,1-2H3. The predicted molar refractivity (Wildman–Crippen MR) is 92.0 cm³/mol. The topological polar surface area (TPSA) is 69.2 Å². The van der Waals surface area contributed by atoms with Crippen LogP contribution in [0.3, 0.4) is 0 Å². The summed E-state index contributed by atoms with van der Waals surface area (Å²) < 4.78 is 5.36. The number of halogens is 1. The molecular formula is C17H20ClN5O. The molecule has 0 aliphatic carbocycles. The highest BCUT2D eigenvalue weighted by Crippen LogP contribution is 2.27. The van der Waals surface area contributed by atoms with Gasteiger partial charge >= 0.3 is 0 Å². The van der Waals surface area contributed by atoms with Gasteiger partial charge < -0.3 is 9.42 Å². The van der Waals surface area contributed by atoms with Crippen molar-refractivity contribution in [2.45, 2.75) is 26.3 Å². The summed E-state index contributed by atoms with van der Waals surface area (Å²) in [7, 11) is 0. The first-order valence-electron chi connectivity index (χ1n) is 8.13. The van der Waals surface area contributed by atoms with E-state index in [9.17, 15) is 5.26 Å². The second-order valence-corrected chi connectivity index (χ2v) is 6.31. The van der Waals surface area contributed by atoms with Crippen LogP contribution >= 0.6 is 11.6 Å². The zero-order valence-corrected chi connectivity index (χ0v) is 14.6. The second kappa shape index (κ2) is 7.20. The fraction of sp³-hybridized carbons (Fsp3) is 0.471. The molecule has 24 heavy (non-hydrogen) atoms. The van der Waals surface area contributed by atoms with Crippen LogP contribution in [0.1, 0.15) is 37.2 Å². The van der Waals surface area contributed by atoms with Gasteiger partial charge in [0.05, 0.1) is 17.3 Å². The summed E-state index contributed by atoms with van der Waals surface area (Å²) in [4.78, 5) is 8.98. The molecule has 1 saturated heterocycles. The van der Waals surface area contributed by atoms with E-state index in [0.29, 0.717) is 16.5 Å². The van der Waals surface area contributed by atoms with E-state index in [4.69, 9.17) is 16.1 Å². The van der Waals surface area contributed by atoms with E-state index < -0.39 is 0 Å². The van der Waals surface area contributed by atoms with Gasteiger partial charge in [0.2, 0.25) is 5.89 Å². The van der Waals surface area contributed by atoms with Crippen molar-refractivity contribution in [2.75, 3.05) is 31.1 Å². The maximum atomic E-state index is 9.31. The Labute approximate surface area is 146 Å². The molecule has 1 aliphatic heterocycles. The van der Waals surface area contributed by atoms with Crippen LogP contribution in [0, 0.1) is 11.3 Å². The van der Waals surface area contributed by atoms with Gasteiger partial charge in [0.15, 0.2) is 5.82 Å². The van der Waals surface area contributed by atoms with Crippen LogP contribution in [0.4, 0.5) is 5.69 Å². The summed E-state index contributed by atoms with van der Waals surface area (Å²) in [5, 5.41) is 13.9. The SMILES string of the molecule is CCc1noc(C(C)N2CCN(c3ccc(Cl)cc3C#N)CC2)n1. The predicted octanol–water partition coefficient (Wildman–Crippen LogP) is 3.04. The summed E-state index contributed by atoms with van der Waals surface area (Å²) >= 11 is 5.98. The van der Waals surface area contributed by atoms with E-state index in [2.05, 4.69) is 32.9 Å². The van der Waals surface area contributed by atoms with Gasteiger partial charge in [-0.3, -0.25) is 4.90 Å². The molecule has 0 saturated carbocycles. The molecule has 1 aliphatic rings. The maximum Gasteiger partial charge on any atom is 0.243 e. The molecule has 3 rings (SSSR count). The minimum absolute atomic E-state index is 0.0978. The Morgan fingerprint density at radius 3 is 2.71 bits per heavy atom. The Morgan fingerprint density at radius 2 is 2.08 bits per heavy atom. The molecule has 1 aromatic carbocycles. The molecule has 2 aromatic rings. The average Bonchev–Trinajstić information content (AvgIpc) is 3.10. The van der Waals surface area contributed by atoms with E-state index in [-0.39, 0.29) is 6.04 Å². The first-order chi connectivity index (χ1) is 11.6. The number of aromatic nitrogens is 2. The molecule has 0 amide bonds. The van der Waals surface area contributed by atoms with Crippen molar-refractivity contribution in [1.29, 1.82) is 5.26 Å². The quantitative estimate of drug-likeness (QED) is 0.848. The number of piperazine rings is 1. The monoisotopic (exact) mass is 345 g/mol. The lowest BCUT2D eigenvalue weighted by molar-refractivity contribution is 0.164. The third kappa shape index (κ3) is 3.37. The van der Waals surface area contributed by atoms with E-state index in [1.54, 1.807) is 6.07 Å². The molecule has 6 nitrogen and oxygen atoms in total. The lowest BCUT2D eigenvalue weighted by Crippen LogP contribution is -2.47. The van der Waals surface area contributed by atoms with Gasteiger partial charge in [-0.2, -0.15) is 10.2 Å². The summed E-state index contributed by atoms with van der Waals surface area (Å²) in [6.07, 6.45) is 0.775. The third-order valence-corrected chi connectivity index (χ3v) is 4.67. The number of rotatable bonds is 4. The van der Waals surface area contributed by atoms with E-state index in [1.807, 2.05) is 19.1 Å². The summed E-state index contributed by atoms with van der Waals surface area (Å²) in [6.45, 7) is 7.53. The molecule has 0 N–H and O–H groups in total. The van der Waals surface area contributed by atoms with Crippen LogP contribution in [0.25, 0.3) is 0 Å². The molecule has 2 heterocycles. The molecular weight excluding hydrogens is 326 g/mol. The summed E-state index contributed by atoms with van der Waals surface area (Å²) in [6, 6.07) is 7.80. The van der Waals surface area contributed by atoms with E-state index in [1.165, 1.54) is 0 Å². The smallest absolute Gasteiger partial charge is 0.243 e. The third-order valence-electron chi connectivity index (χ3n) is 4.44. The van der Waals surface area contributed by atoms with Gasteiger partial charge in [0.25, 0.3) is 0 Å². The number of benzene rings is 1. The van der Waals surface area contributed by atoms with Gasteiger partial charge in [-0.15, -0.1) is 0 Å². The first-order valence-corrected chi connectivity index (χ1v) is 8.51. The minimum atomic E-state index is 0.0978. The van der Waals surface area contributed by atoms with Crippen molar-refractivity contribution >= 4 is 17.3 Å². The molecule has 1 aromatic heterocycles. The van der Waals surface area contributed by atoms with Crippen molar-refractivity contribution in [3.63, 3.8) is 0 Å². The fourth-order valence-corrected chi connectivity index (χ4v) is 3.13. The van der Waals surface area contributed by atoms with Crippen LogP contribution < -0.4 is 4.90 Å². The molecule has 1 fully saturated rings. The first kappa shape index (κ1) is 16.7. The molecule has 126 valence electrons. The highest BCUT2D eigenvalue weighted by Gasteiger charge is 2.26. The van der Waals surface area contributed by atoms with Crippen LogP contribution in [-0.4, -0.2) is 41.2 Å². The Hall–Kier alpha value is -2.10. The van der Waals surface area contributed by atoms with Crippen molar-refractivity contribution < 1.29 is 4.52 Å². The highest BCUT2D eigenvalue weighted by atomic mass is 35.5. The lowest BCUT2D eigenvalue weighted by atomic mass is 10.1. The lowest BCUT2D eigenvalue weighted by Gasteiger charge is -2.38. The van der Waals surface area contributed by atoms with Gasteiger partial charge in [-0.05, 0) is 25.1 Å². The van der Waals surface area contributed by atoms with Gasteiger partial charge in [-0.1, -0.05) is 23.7 Å². The van der Waals surface area contributed by atoms with Crippen LogP contribution in [-0.2, 0) is 6.42 Å². The van der Waals surface area contributed by atoms with Crippen LogP contribution in [0.2, 0.25) is 5.02 Å². The Bertz CT molecular complexity index is 746. The molecule has 0 bridgehead atoms. The van der Waals surface area contributed by atoms with Gasteiger partial charge in [-0.25, -0.2) is 0 Å². The maximum absolute atomic E-state index is 9.31. The van der Waals surface area contributed by atoms with Gasteiger partial charge in [0, 0.05) is 37.6 Å². The average molecular weight is 346 g/mol.